The smallest absolute Gasteiger partial charge is 0.191 e. The van der Waals surface area contributed by atoms with E-state index in [1.165, 1.54) is 0 Å². The Morgan fingerprint density at radius 1 is 1.43 bits per heavy atom. The van der Waals surface area contributed by atoms with Crippen LogP contribution in [0.4, 0.5) is 0 Å². The van der Waals surface area contributed by atoms with Crippen LogP contribution in [-0.2, 0) is 10.3 Å². The van der Waals surface area contributed by atoms with Crippen molar-refractivity contribution in [2.45, 2.75) is 12.5 Å². The summed E-state index contributed by atoms with van der Waals surface area (Å²) in [4.78, 5) is 7.51. The zero-order valence-electron chi connectivity index (χ0n) is 13.7. The van der Waals surface area contributed by atoms with Crippen molar-refractivity contribution in [3.8, 4) is 0 Å². The molecular weight excluding hydrogens is 427 g/mol. The van der Waals surface area contributed by atoms with E-state index in [4.69, 9.17) is 4.74 Å². The van der Waals surface area contributed by atoms with E-state index in [0.717, 1.165) is 44.3 Å². The fraction of sp³-hybridized carbons (Fsp3) is 0.667. The molecule has 23 heavy (non-hydrogen) atoms. The van der Waals surface area contributed by atoms with Crippen molar-refractivity contribution >= 4 is 41.3 Å². The van der Waals surface area contributed by atoms with Gasteiger partial charge in [0.1, 0.15) is 5.60 Å². The standard InChI is InChI=1S/C15H26N4O2S.HI/c1-15(20,13-4-3-11-22-13)12-18-14(16-2)17-5-6-19-7-9-21-10-8-19;/h3-4,11,20H,5-10,12H2,1-2H3,(H2,16,17,18);1H. The second-order valence-corrected chi connectivity index (χ2v) is 6.51. The highest BCUT2D eigenvalue weighted by molar-refractivity contribution is 14.0. The third-order valence-corrected chi connectivity index (χ3v) is 4.82. The summed E-state index contributed by atoms with van der Waals surface area (Å²) in [7, 11) is 1.74. The normalized spacial score (nSPS) is 18.8. The molecular formula is C15H27IN4O2S. The predicted octanol–water partition coefficient (Wildman–Crippen LogP) is 1.07. The second kappa shape index (κ2) is 10.4. The predicted molar refractivity (Wildman–Crippen MR) is 106 cm³/mol. The van der Waals surface area contributed by atoms with Crippen molar-refractivity contribution in [3.63, 3.8) is 0 Å². The molecule has 8 heteroatoms. The van der Waals surface area contributed by atoms with Crippen LogP contribution in [0, 0.1) is 0 Å². The molecule has 6 nitrogen and oxygen atoms in total. The zero-order valence-corrected chi connectivity index (χ0v) is 16.9. The number of guanidine groups is 1. The minimum Gasteiger partial charge on any atom is -0.383 e. The Bertz CT molecular complexity index is 462. The van der Waals surface area contributed by atoms with E-state index >= 15 is 0 Å². The summed E-state index contributed by atoms with van der Waals surface area (Å²) in [5.41, 5.74) is -0.893. The quantitative estimate of drug-likeness (QED) is 0.341. The first-order chi connectivity index (χ1) is 10.6. The van der Waals surface area contributed by atoms with E-state index < -0.39 is 5.60 Å². The lowest BCUT2D eigenvalue weighted by Crippen LogP contribution is -2.47. The highest BCUT2D eigenvalue weighted by atomic mass is 127. The molecule has 3 N–H and O–H groups in total. The molecule has 1 aliphatic heterocycles. The lowest BCUT2D eigenvalue weighted by molar-refractivity contribution is 0.0388. The summed E-state index contributed by atoms with van der Waals surface area (Å²) in [5.74, 6) is 0.713. The Kier molecular flexibility index (Phi) is 9.37. The molecule has 0 spiro atoms. The van der Waals surface area contributed by atoms with Crippen LogP contribution in [0.25, 0.3) is 0 Å². The largest absolute Gasteiger partial charge is 0.383 e. The number of morpholine rings is 1. The average Bonchev–Trinajstić information content (AvgIpc) is 3.07. The highest BCUT2D eigenvalue weighted by Gasteiger charge is 2.24. The second-order valence-electron chi connectivity index (χ2n) is 5.56. The summed E-state index contributed by atoms with van der Waals surface area (Å²) < 4.78 is 5.33. The Morgan fingerprint density at radius 3 is 2.78 bits per heavy atom. The van der Waals surface area contributed by atoms with Crippen molar-refractivity contribution in [1.29, 1.82) is 0 Å². The van der Waals surface area contributed by atoms with Crippen LogP contribution >= 0.6 is 35.3 Å². The van der Waals surface area contributed by atoms with Gasteiger partial charge in [0, 0.05) is 38.1 Å². The Hall–Kier alpha value is -0.420. The Balaban J connectivity index is 0.00000264. The van der Waals surface area contributed by atoms with Crippen LogP contribution in [0.2, 0.25) is 0 Å². The van der Waals surface area contributed by atoms with E-state index in [0.29, 0.717) is 12.5 Å². The highest BCUT2D eigenvalue weighted by Crippen LogP contribution is 2.24. The van der Waals surface area contributed by atoms with Crippen LogP contribution in [0.3, 0.4) is 0 Å². The van der Waals surface area contributed by atoms with Gasteiger partial charge < -0.3 is 20.5 Å². The molecule has 2 rings (SSSR count). The molecule has 0 radical (unpaired) electrons. The molecule has 132 valence electrons. The molecule has 2 heterocycles. The maximum Gasteiger partial charge on any atom is 0.191 e. The molecule has 0 saturated carbocycles. The van der Waals surface area contributed by atoms with Gasteiger partial charge in [0.15, 0.2) is 5.96 Å². The van der Waals surface area contributed by atoms with Crippen molar-refractivity contribution in [2.24, 2.45) is 4.99 Å². The maximum absolute atomic E-state index is 10.5. The lowest BCUT2D eigenvalue weighted by atomic mass is 10.1. The molecule has 0 aliphatic carbocycles. The number of thiophene rings is 1. The molecule has 1 saturated heterocycles. The number of aliphatic imine (C=N–C) groups is 1. The fourth-order valence-corrected chi connectivity index (χ4v) is 3.09. The maximum atomic E-state index is 10.5. The van der Waals surface area contributed by atoms with Crippen molar-refractivity contribution in [3.05, 3.63) is 22.4 Å². The summed E-state index contributed by atoms with van der Waals surface area (Å²) in [6, 6.07) is 3.89. The first-order valence-electron chi connectivity index (χ1n) is 7.63. The SMILES string of the molecule is CN=C(NCCN1CCOCC1)NCC(C)(O)c1cccs1.I. The lowest BCUT2D eigenvalue weighted by Gasteiger charge is -2.27. The average molecular weight is 454 g/mol. The molecule has 1 aromatic rings. The molecule has 1 aliphatic rings. The van der Waals surface area contributed by atoms with Gasteiger partial charge in [0.25, 0.3) is 0 Å². The third kappa shape index (κ3) is 6.92. The van der Waals surface area contributed by atoms with Gasteiger partial charge in [-0.05, 0) is 18.4 Å². The van der Waals surface area contributed by atoms with E-state index in [-0.39, 0.29) is 24.0 Å². The van der Waals surface area contributed by atoms with Crippen LogP contribution in [0.1, 0.15) is 11.8 Å². The number of hydrogen-bond acceptors (Lipinski definition) is 5. The minimum absolute atomic E-state index is 0. The molecule has 1 fully saturated rings. The fourth-order valence-electron chi connectivity index (χ4n) is 2.31. The van der Waals surface area contributed by atoms with Gasteiger partial charge in [-0.25, -0.2) is 0 Å². The van der Waals surface area contributed by atoms with Crippen molar-refractivity contribution < 1.29 is 9.84 Å². The van der Waals surface area contributed by atoms with Gasteiger partial charge in [-0.15, -0.1) is 35.3 Å². The van der Waals surface area contributed by atoms with Gasteiger partial charge in [0.05, 0.1) is 19.8 Å². The number of rotatable bonds is 6. The van der Waals surface area contributed by atoms with Gasteiger partial charge in [0.2, 0.25) is 0 Å². The molecule has 1 atom stereocenters. The molecule has 1 unspecified atom stereocenters. The number of ether oxygens (including phenoxy) is 1. The number of hydrogen-bond donors (Lipinski definition) is 3. The summed E-state index contributed by atoms with van der Waals surface area (Å²) in [5, 5.41) is 18.9. The van der Waals surface area contributed by atoms with Crippen LogP contribution in [0.5, 0.6) is 0 Å². The molecule has 0 bridgehead atoms. The minimum atomic E-state index is -0.893. The van der Waals surface area contributed by atoms with Crippen molar-refractivity contribution in [2.75, 3.05) is 53.0 Å². The van der Waals surface area contributed by atoms with Gasteiger partial charge in [-0.3, -0.25) is 9.89 Å². The summed E-state index contributed by atoms with van der Waals surface area (Å²) in [6.45, 7) is 7.62. The summed E-state index contributed by atoms with van der Waals surface area (Å²) in [6.07, 6.45) is 0. The third-order valence-electron chi connectivity index (χ3n) is 3.70. The van der Waals surface area contributed by atoms with E-state index in [2.05, 4.69) is 20.5 Å². The molecule has 1 aromatic heterocycles. The molecule has 0 amide bonds. The van der Waals surface area contributed by atoms with Crippen LogP contribution in [-0.4, -0.2) is 69.0 Å². The van der Waals surface area contributed by atoms with E-state index in [1.807, 2.05) is 24.4 Å². The first kappa shape index (κ1) is 20.6. The number of halogens is 1. The van der Waals surface area contributed by atoms with Gasteiger partial charge in [-0.1, -0.05) is 6.07 Å². The zero-order chi connectivity index (χ0) is 15.8. The van der Waals surface area contributed by atoms with E-state index in [9.17, 15) is 5.11 Å². The summed E-state index contributed by atoms with van der Waals surface area (Å²) >= 11 is 1.56. The number of nitrogens with one attached hydrogen (secondary N) is 2. The Morgan fingerprint density at radius 2 is 2.17 bits per heavy atom. The van der Waals surface area contributed by atoms with Gasteiger partial charge in [-0.2, -0.15) is 0 Å². The van der Waals surface area contributed by atoms with Crippen LogP contribution < -0.4 is 10.6 Å². The monoisotopic (exact) mass is 454 g/mol. The van der Waals surface area contributed by atoms with Crippen LogP contribution in [0.15, 0.2) is 22.5 Å². The Labute approximate surface area is 159 Å². The number of nitrogens with zero attached hydrogens (tertiary/aromatic N) is 2. The number of aliphatic hydroxyl groups is 1. The molecule has 0 aromatic carbocycles. The first-order valence-corrected chi connectivity index (χ1v) is 8.51. The topological polar surface area (TPSA) is 69.1 Å². The van der Waals surface area contributed by atoms with Crippen molar-refractivity contribution in [1.82, 2.24) is 15.5 Å². The van der Waals surface area contributed by atoms with E-state index in [1.54, 1.807) is 18.4 Å². The van der Waals surface area contributed by atoms with Gasteiger partial charge >= 0.3 is 0 Å².